The lowest BCUT2D eigenvalue weighted by Crippen LogP contribution is -2.48. The molecule has 0 saturated carbocycles. The Morgan fingerprint density at radius 1 is 1.19 bits per heavy atom. The maximum absolute atomic E-state index is 12.3. The molecule has 0 unspecified atom stereocenters. The first-order chi connectivity index (χ1) is 10.1. The molecule has 1 aliphatic rings. The summed E-state index contributed by atoms with van der Waals surface area (Å²) in [5.41, 5.74) is 7.27. The summed E-state index contributed by atoms with van der Waals surface area (Å²) in [4.78, 5) is 20.5. The second-order valence-corrected chi connectivity index (χ2v) is 5.12. The molecule has 21 heavy (non-hydrogen) atoms. The Kier molecular flexibility index (Phi) is 3.47. The number of nitrogens with zero attached hydrogens (tertiary/aromatic N) is 5. The normalized spacial score (nSPS) is 15.3. The summed E-state index contributed by atoms with van der Waals surface area (Å²) in [5, 5.41) is 4.04. The summed E-state index contributed by atoms with van der Waals surface area (Å²) in [6, 6.07) is 3.75. The van der Waals surface area contributed by atoms with Crippen molar-refractivity contribution in [1.82, 2.24) is 19.7 Å². The number of aromatic nitrogens is 3. The number of rotatable bonds is 2. The highest BCUT2D eigenvalue weighted by Gasteiger charge is 2.23. The van der Waals surface area contributed by atoms with Crippen LogP contribution in [0.25, 0.3) is 0 Å². The molecular weight excluding hydrogens is 268 g/mol. The van der Waals surface area contributed by atoms with Gasteiger partial charge in [0.1, 0.15) is 5.82 Å². The number of amides is 1. The lowest BCUT2D eigenvalue weighted by molar-refractivity contribution is 0.0746. The predicted octanol–water partition coefficient (Wildman–Crippen LogP) is 0.360. The van der Waals surface area contributed by atoms with Crippen molar-refractivity contribution in [3.8, 4) is 0 Å². The summed E-state index contributed by atoms with van der Waals surface area (Å²) in [6.45, 7) is 2.96. The van der Waals surface area contributed by atoms with Gasteiger partial charge in [0.15, 0.2) is 0 Å². The third-order valence-corrected chi connectivity index (χ3v) is 3.65. The van der Waals surface area contributed by atoms with E-state index in [1.165, 1.54) is 0 Å². The predicted molar refractivity (Wildman–Crippen MR) is 80.0 cm³/mol. The summed E-state index contributed by atoms with van der Waals surface area (Å²) in [6.07, 6.45) is 5.13. The van der Waals surface area contributed by atoms with Gasteiger partial charge in [-0.1, -0.05) is 0 Å². The molecular formula is C14H18N6O. The molecule has 1 fully saturated rings. The molecule has 1 saturated heterocycles. The van der Waals surface area contributed by atoms with E-state index in [1.807, 2.05) is 18.0 Å². The average molecular weight is 286 g/mol. The Balaban J connectivity index is 1.62. The number of carbonyl (C=O) groups is 1. The van der Waals surface area contributed by atoms with E-state index >= 15 is 0 Å². The SMILES string of the molecule is Cn1cc(C(=O)N2CCN(c3ccc(N)nc3)CC2)cn1. The molecule has 2 aromatic rings. The zero-order chi connectivity index (χ0) is 14.8. The number of nitrogen functional groups attached to an aromatic ring is 1. The Morgan fingerprint density at radius 3 is 2.52 bits per heavy atom. The minimum absolute atomic E-state index is 0.0400. The van der Waals surface area contributed by atoms with E-state index in [-0.39, 0.29) is 5.91 Å². The second kappa shape index (κ2) is 5.43. The van der Waals surface area contributed by atoms with Crippen LogP contribution in [0.3, 0.4) is 0 Å². The molecule has 2 N–H and O–H groups in total. The number of anilines is 2. The monoisotopic (exact) mass is 286 g/mol. The Hall–Kier alpha value is -2.57. The van der Waals surface area contributed by atoms with Crippen LogP contribution < -0.4 is 10.6 Å². The van der Waals surface area contributed by atoms with Gasteiger partial charge in [0.25, 0.3) is 5.91 Å². The largest absolute Gasteiger partial charge is 0.384 e. The Bertz CT molecular complexity index is 627. The highest BCUT2D eigenvalue weighted by Crippen LogP contribution is 2.17. The molecule has 0 spiro atoms. The topological polar surface area (TPSA) is 80.3 Å². The van der Waals surface area contributed by atoms with Crippen LogP contribution in [-0.2, 0) is 7.05 Å². The summed E-state index contributed by atoms with van der Waals surface area (Å²) < 4.78 is 1.64. The molecule has 0 aliphatic carbocycles. The zero-order valence-electron chi connectivity index (χ0n) is 11.9. The van der Waals surface area contributed by atoms with Crippen molar-refractivity contribution in [3.05, 3.63) is 36.3 Å². The van der Waals surface area contributed by atoms with E-state index in [0.29, 0.717) is 24.5 Å². The molecule has 110 valence electrons. The van der Waals surface area contributed by atoms with Gasteiger partial charge in [0.05, 0.1) is 23.6 Å². The number of carbonyl (C=O) groups excluding carboxylic acids is 1. The third-order valence-electron chi connectivity index (χ3n) is 3.65. The van der Waals surface area contributed by atoms with E-state index in [2.05, 4.69) is 15.0 Å². The van der Waals surface area contributed by atoms with Crippen LogP contribution in [0, 0.1) is 0 Å². The summed E-state index contributed by atoms with van der Waals surface area (Å²) in [7, 11) is 1.81. The first kappa shape index (κ1) is 13.4. The highest BCUT2D eigenvalue weighted by molar-refractivity contribution is 5.93. The fourth-order valence-electron chi connectivity index (χ4n) is 2.47. The molecule has 3 heterocycles. The van der Waals surface area contributed by atoms with Crippen LogP contribution in [0.5, 0.6) is 0 Å². The van der Waals surface area contributed by atoms with E-state index < -0.39 is 0 Å². The second-order valence-electron chi connectivity index (χ2n) is 5.12. The first-order valence-electron chi connectivity index (χ1n) is 6.88. The lowest BCUT2D eigenvalue weighted by atomic mass is 10.2. The number of pyridine rings is 1. The fourth-order valence-corrected chi connectivity index (χ4v) is 2.47. The van der Waals surface area contributed by atoms with Gasteiger partial charge in [-0.25, -0.2) is 4.98 Å². The van der Waals surface area contributed by atoms with Crippen molar-refractivity contribution in [2.45, 2.75) is 0 Å². The van der Waals surface area contributed by atoms with Gasteiger partial charge in [-0.3, -0.25) is 9.48 Å². The highest BCUT2D eigenvalue weighted by atomic mass is 16.2. The molecule has 0 atom stereocenters. The van der Waals surface area contributed by atoms with Crippen LogP contribution in [-0.4, -0.2) is 51.8 Å². The van der Waals surface area contributed by atoms with Crippen molar-refractivity contribution in [2.24, 2.45) is 7.05 Å². The van der Waals surface area contributed by atoms with Crippen molar-refractivity contribution in [3.63, 3.8) is 0 Å². The molecule has 1 amide bonds. The molecule has 0 radical (unpaired) electrons. The molecule has 1 aliphatic heterocycles. The number of hydrogen-bond acceptors (Lipinski definition) is 5. The minimum atomic E-state index is 0.0400. The molecule has 2 aromatic heterocycles. The van der Waals surface area contributed by atoms with Gasteiger partial charge in [0.2, 0.25) is 0 Å². The summed E-state index contributed by atoms with van der Waals surface area (Å²) >= 11 is 0. The quantitative estimate of drug-likeness (QED) is 0.862. The fraction of sp³-hybridized carbons (Fsp3) is 0.357. The average Bonchev–Trinajstić information content (AvgIpc) is 2.94. The summed E-state index contributed by atoms with van der Waals surface area (Å²) in [5.74, 6) is 0.558. The van der Waals surface area contributed by atoms with Gasteiger partial charge >= 0.3 is 0 Å². The maximum Gasteiger partial charge on any atom is 0.257 e. The molecule has 7 heteroatoms. The van der Waals surface area contributed by atoms with Gasteiger partial charge in [-0.05, 0) is 12.1 Å². The van der Waals surface area contributed by atoms with Crippen LogP contribution in [0.2, 0.25) is 0 Å². The van der Waals surface area contributed by atoms with Crippen LogP contribution in [0.1, 0.15) is 10.4 Å². The van der Waals surface area contributed by atoms with E-state index in [9.17, 15) is 4.79 Å². The number of piperazine rings is 1. The standard InChI is InChI=1S/C14H18N6O/c1-18-10-11(8-17-18)14(21)20-6-4-19(5-7-20)12-2-3-13(15)16-9-12/h2-3,8-10H,4-7H2,1H3,(H2,15,16). The maximum atomic E-state index is 12.3. The van der Waals surface area contributed by atoms with E-state index in [1.54, 1.807) is 29.3 Å². The van der Waals surface area contributed by atoms with Crippen LogP contribution >= 0.6 is 0 Å². The molecule has 7 nitrogen and oxygen atoms in total. The number of aryl methyl sites for hydroxylation is 1. The molecule has 0 bridgehead atoms. The number of hydrogen-bond donors (Lipinski definition) is 1. The first-order valence-corrected chi connectivity index (χ1v) is 6.88. The van der Waals surface area contributed by atoms with Crippen LogP contribution in [0.4, 0.5) is 11.5 Å². The molecule has 0 aromatic carbocycles. The van der Waals surface area contributed by atoms with E-state index in [4.69, 9.17) is 5.73 Å². The van der Waals surface area contributed by atoms with Crippen LogP contribution in [0.15, 0.2) is 30.7 Å². The van der Waals surface area contributed by atoms with Gasteiger partial charge in [0, 0.05) is 39.4 Å². The zero-order valence-corrected chi connectivity index (χ0v) is 11.9. The van der Waals surface area contributed by atoms with Gasteiger partial charge in [-0.2, -0.15) is 5.10 Å². The molecule has 3 rings (SSSR count). The Labute approximate surface area is 123 Å². The lowest BCUT2D eigenvalue weighted by Gasteiger charge is -2.35. The minimum Gasteiger partial charge on any atom is -0.384 e. The third kappa shape index (κ3) is 2.81. The Morgan fingerprint density at radius 2 is 1.95 bits per heavy atom. The van der Waals surface area contributed by atoms with Gasteiger partial charge < -0.3 is 15.5 Å². The van der Waals surface area contributed by atoms with Crippen molar-refractivity contribution in [2.75, 3.05) is 36.8 Å². The van der Waals surface area contributed by atoms with E-state index in [0.717, 1.165) is 18.8 Å². The number of nitrogens with two attached hydrogens (primary N) is 1. The van der Waals surface area contributed by atoms with Crippen molar-refractivity contribution >= 4 is 17.4 Å². The van der Waals surface area contributed by atoms with Crippen molar-refractivity contribution in [1.29, 1.82) is 0 Å². The smallest absolute Gasteiger partial charge is 0.257 e. The van der Waals surface area contributed by atoms with Gasteiger partial charge in [-0.15, -0.1) is 0 Å². The van der Waals surface area contributed by atoms with Crippen molar-refractivity contribution < 1.29 is 4.79 Å².